The number of amides is 1. The van der Waals surface area contributed by atoms with Gasteiger partial charge in [-0.15, -0.1) is 0 Å². The summed E-state index contributed by atoms with van der Waals surface area (Å²) in [6.45, 7) is 1.72. The number of likely N-dealkylation sites (tertiary alicyclic amines) is 1. The number of benzene rings is 1. The Hall–Kier alpha value is -1.22. The van der Waals surface area contributed by atoms with Gasteiger partial charge in [-0.3, -0.25) is 4.79 Å². The lowest BCUT2D eigenvalue weighted by Crippen LogP contribution is -2.44. The molecule has 0 aromatic heterocycles. The first-order chi connectivity index (χ1) is 9.65. The quantitative estimate of drug-likeness (QED) is 0.858. The smallest absolute Gasteiger partial charge is 0.253 e. The number of fused-ring (bicyclic) bond motifs is 1. The Bertz CT molecular complexity index is 517. The Morgan fingerprint density at radius 3 is 2.70 bits per heavy atom. The molecule has 0 spiro atoms. The van der Waals surface area contributed by atoms with E-state index in [-0.39, 0.29) is 16.7 Å². The van der Waals surface area contributed by atoms with Gasteiger partial charge >= 0.3 is 0 Å². The van der Waals surface area contributed by atoms with Crippen molar-refractivity contribution in [3.05, 3.63) is 28.8 Å². The van der Waals surface area contributed by atoms with Crippen molar-refractivity contribution in [1.82, 2.24) is 4.90 Å². The van der Waals surface area contributed by atoms with E-state index in [4.69, 9.17) is 11.6 Å². The number of halogens is 1. The summed E-state index contributed by atoms with van der Waals surface area (Å²) in [5.74, 6) is 1.55. The molecule has 1 heterocycles. The lowest BCUT2D eigenvalue weighted by atomic mass is 9.75. The summed E-state index contributed by atoms with van der Waals surface area (Å²) >= 11 is 5.89. The molecule has 1 aromatic rings. The molecule has 108 valence electrons. The van der Waals surface area contributed by atoms with Crippen molar-refractivity contribution in [2.24, 2.45) is 11.8 Å². The van der Waals surface area contributed by atoms with E-state index < -0.39 is 0 Å². The lowest BCUT2D eigenvalue weighted by Gasteiger charge is -2.41. The number of carbonyl (C=O) groups is 1. The number of aromatic hydroxyl groups is 1. The van der Waals surface area contributed by atoms with Crippen molar-refractivity contribution in [3.63, 3.8) is 0 Å². The number of hydrogen-bond donors (Lipinski definition) is 1. The number of carbonyl (C=O) groups excluding carboxylic acids is 1. The summed E-state index contributed by atoms with van der Waals surface area (Å²) in [5, 5.41) is 9.67. The first-order valence-electron chi connectivity index (χ1n) is 7.43. The van der Waals surface area contributed by atoms with Crippen molar-refractivity contribution in [3.8, 4) is 5.75 Å². The zero-order valence-corrected chi connectivity index (χ0v) is 12.3. The number of hydrogen-bond acceptors (Lipinski definition) is 2. The molecule has 2 aliphatic rings. The standard InChI is InChI=1S/C16H20ClNO2/c17-14-9-12(5-6-15(14)19)16(20)18-8-7-11-3-1-2-4-13(11)10-18/h5-6,9,11,13,19H,1-4,7-8,10H2/t11-,13+/m1/s1. The van der Waals surface area contributed by atoms with Gasteiger partial charge in [-0.25, -0.2) is 0 Å². The van der Waals surface area contributed by atoms with Crippen molar-refractivity contribution in [1.29, 1.82) is 0 Å². The molecule has 1 saturated heterocycles. The van der Waals surface area contributed by atoms with Crippen molar-refractivity contribution >= 4 is 17.5 Å². The Kier molecular flexibility index (Phi) is 3.88. The average molecular weight is 294 g/mol. The van der Waals surface area contributed by atoms with E-state index in [2.05, 4.69) is 0 Å². The number of phenols is 1. The molecule has 4 heteroatoms. The second-order valence-corrected chi connectivity index (χ2v) is 6.42. The van der Waals surface area contributed by atoms with E-state index in [0.717, 1.165) is 25.4 Å². The van der Waals surface area contributed by atoms with Crippen LogP contribution in [0.3, 0.4) is 0 Å². The summed E-state index contributed by atoms with van der Waals surface area (Å²) in [6.07, 6.45) is 6.36. The van der Waals surface area contributed by atoms with E-state index in [1.807, 2.05) is 4.90 Å². The molecule has 1 amide bonds. The van der Waals surface area contributed by atoms with E-state index in [0.29, 0.717) is 11.5 Å². The minimum atomic E-state index is 0.0224. The fraction of sp³-hybridized carbons (Fsp3) is 0.562. The molecule has 2 atom stereocenters. The van der Waals surface area contributed by atoms with Crippen LogP contribution in [0.15, 0.2) is 18.2 Å². The monoisotopic (exact) mass is 293 g/mol. The normalized spacial score (nSPS) is 26.1. The van der Waals surface area contributed by atoms with Crippen LogP contribution >= 0.6 is 11.6 Å². The van der Waals surface area contributed by atoms with Gasteiger partial charge in [-0.05, 0) is 42.9 Å². The van der Waals surface area contributed by atoms with E-state index in [9.17, 15) is 9.90 Å². The minimum Gasteiger partial charge on any atom is -0.506 e. The third-order valence-corrected chi connectivity index (χ3v) is 5.08. The summed E-state index contributed by atoms with van der Waals surface area (Å²) in [7, 11) is 0. The van der Waals surface area contributed by atoms with Crippen LogP contribution in [-0.2, 0) is 0 Å². The molecule has 1 N–H and O–H groups in total. The minimum absolute atomic E-state index is 0.0224. The largest absolute Gasteiger partial charge is 0.506 e. The third-order valence-electron chi connectivity index (χ3n) is 4.77. The Morgan fingerprint density at radius 2 is 1.95 bits per heavy atom. The highest BCUT2D eigenvalue weighted by Gasteiger charge is 2.33. The van der Waals surface area contributed by atoms with Crippen LogP contribution < -0.4 is 0 Å². The number of nitrogens with zero attached hydrogens (tertiary/aromatic N) is 1. The van der Waals surface area contributed by atoms with Gasteiger partial charge in [-0.1, -0.05) is 30.9 Å². The summed E-state index contributed by atoms with van der Waals surface area (Å²) in [5.41, 5.74) is 0.571. The molecule has 3 nitrogen and oxygen atoms in total. The van der Waals surface area contributed by atoms with Crippen LogP contribution in [0.4, 0.5) is 0 Å². The predicted molar refractivity (Wildman–Crippen MR) is 79.1 cm³/mol. The van der Waals surface area contributed by atoms with Crippen molar-refractivity contribution < 1.29 is 9.90 Å². The van der Waals surface area contributed by atoms with E-state index in [1.165, 1.54) is 31.7 Å². The molecular weight excluding hydrogens is 274 g/mol. The fourth-order valence-corrected chi connectivity index (χ4v) is 3.79. The van der Waals surface area contributed by atoms with Crippen molar-refractivity contribution in [2.45, 2.75) is 32.1 Å². The Morgan fingerprint density at radius 1 is 1.20 bits per heavy atom. The molecule has 2 fully saturated rings. The van der Waals surface area contributed by atoms with Crippen LogP contribution in [0.25, 0.3) is 0 Å². The van der Waals surface area contributed by atoms with Gasteiger partial charge in [0.15, 0.2) is 0 Å². The molecular formula is C16H20ClNO2. The molecule has 0 unspecified atom stereocenters. The van der Waals surface area contributed by atoms with E-state index >= 15 is 0 Å². The van der Waals surface area contributed by atoms with Gasteiger partial charge < -0.3 is 10.0 Å². The van der Waals surface area contributed by atoms with Gasteiger partial charge in [0, 0.05) is 18.7 Å². The highest BCUT2D eigenvalue weighted by atomic mass is 35.5. The highest BCUT2D eigenvalue weighted by molar-refractivity contribution is 6.32. The molecule has 1 saturated carbocycles. The van der Waals surface area contributed by atoms with Crippen molar-refractivity contribution in [2.75, 3.05) is 13.1 Å². The summed E-state index contributed by atoms with van der Waals surface area (Å²) in [4.78, 5) is 14.5. The van der Waals surface area contributed by atoms with Gasteiger partial charge in [-0.2, -0.15) is 0 Å². The highest BCUT2D eigenvalue weighted by Crippen LogP contribution is 2.36. The molecule has 1 aromatic carbocycles. The topological polar surface area (TPSA) is 40.5 Å². The second kappa shape index (κ2) is 5.65. The lowest BCUT2D eigenvalue weighted by molar-refractivity contribution is 0.0521. The third kappa shape index (κ3) is 2.64. The first kappa shape index (κ1) is 13.7. The van der Waals surface area contributed by atoms with Crippen LogP contribution in [0.5, 0.6) is 5.75 Å². The molecule has 1 aliphatic heterocycles. The molecule has 20 heavy (non-hydrogen) atoms. The van der Waals surface area contributed by atoms with Crippen LogP contribution in [0.2, 0.25) is 5.02 Å². The second-order valence-electron chi connectivity index (χ2n) is 6.01. The molecule has 0 radical (unpaired) electrons. The SMILES string of the molecule is O=C(c1ccc(O)c(Cl)c1)N1CC[C@H]2CCCC[C@H]2C1. The number of piperidine rings is 1. The Labute approximate surface area is 124 Å². The van der Waals surface area contributed by atoms with Crippen LogP contribution in [-0.4, -0.2) is 29.0 Å². The van der Waals surface area contributed by atoms with E-state index in [1.54, 1.807) is 12.1 Å². The van der Waals surface area contributed by atoms with Gasteiger partial charge in [0.25, 0.3) is 5.91 Å². The zero-order chi connectivity index (χ0) is 14.1. The first-order valence-corrected chi connectivity index (χ1v) is 7.81. The average Bonchev–Trinajstić information content (AvgIpc) is 2.49. The predicted octanol–water partition coefficient (Wildman–Crippen LogP) is 3.70. The van der Waals surface area contributed by atoms with Crippen LogP contribution in [0.1, 0.15) is 42.5 Å². The molecule has 1 aliphatic carbocycles. The number of rotatable bonds is 1. The molecule has 0 bridgehead atoms. The Balaban J connectivity index is 1.72. The van der Waals surface area contributed by atoms with Gasteiger partial charge in [0.1, 0.15) is 5.75 Å². The van der Waals surface area contributed by atoms with Gasteiger partial charge in [0.05, 0.1) is 5.02 Å². The zero-order valence-electron chi connectivity index (χ0n) is 11.5. The summed E-state index contributed by atoms with van der Waals surface area (Å²) < 4.78 is 0. The van der Waals surface area contributed by atoms with Crippen LogP contribution in [0, 0.1) is 11.8 Å². The van der Waals surface area contributed by atoms with Gasteiger partial charge in [0.2, 0.25) is 0 Å². The maximum absolute atomic E-state index is 12.5. The summed E-state index contributed by atoms with van der Waals surface area (Å²) in [6, 6.07) is 4.70. The maximum atomic E-state index is 12.5. The maximum Gasteiger partial charge on any atom is 0.253 e. The molecule has 3 rings (SSSR count). The number of phenolic OH excluding ortho intramolecular Hbond substituents is 1. The fourth-order valence-electron chi connectivity index (χ4n) is 3.61.